The first-order valence-corrected chi connectivity index (χ1v) is 4.85. The molecular weight excluding hydrogens is 170 g/mol. The first-order valence-electron chi connectivity index (χ1n) is 4.85. The van der Waals surface area contributed by atoms with Crippen LogP contribution in [-0.4, -0.2) is 4.57 Å². The van der Waals surface area contributed by atoms with Gasteiger partial charge < -0.3 is 4.57 Å². The molecule has 0 N–H and O–H groups in total. The second kappa shape index (κ2) is 2.88. The third-order valence-electron chi connectivity index (χ3n) is 2.71. The first kappa shape index (κ1) is 7.63. The molecule has 1 heteroatoms. The van der Waals surface area contributed by atoms with E-state index in [-0.39, 0.29) is 0 Å². The Bertz CT molecular complexity index is 491. The molecule has 2 heterocycles. The van der Waals surface area contributed by atoms with E-state index in [4.69, 9.17) is 0 Å². The quantitative estimate of drug-likeness (QED) is 0.502. The lowest BCUT2D eigenvalue weighted by atomic mass is 10.0. The molecule has 0 amide bonds. The van der Waals surface area contributed by atoms with E-state index in [1.54, 1.807) is 0 Å². The van der Waals surface area contributed by atoms with Crippen LogP contribution in [0.25, 0.3) is 12.3 Å². The van der Waals surface area contributed by atoms with E-state index < -0.39 is 0 Å². The van der Waals surface area contributed by atoms with Gasteiger partial charge in [-0.1, -0.05) is 24.3 Å². The highest BCUT2D eigenvalue weighted by atomic mass is 14.9. The van der Waals surface area contributed by atoms with Crippen molar-refractivity contribution in [1.82, 2.24) is 4.57 Å². The van der Waals surface area contributed by atoms with Crippen LogP contribution >= 0.6 is 0 Å². The summed E-state index contributed by atoms with van der Waals surface area (Å²) in [4.78, 5) is 0. The van der Waals surface area contributed by atoms with Crippen LogP contribution in [-0.2, 0) is 6.42 Å². The predicted octanol–water partition coefficient (Wildman–Crippen LogP) is 3.02. The molecule has 0 aliphatic carbocycles. The lowest BCUT2D eigenvalue weighted by Crippen LogP contribution is -1.93. The van der Waals surface area contributed by atoms with Gasteiger partial charge in [0.1, 0.15) is 0 Å². The van der Waals surface area contributed by atoms with Crippen molar-refractivity contribution in [2.45, 2.75) is 6.42 Å². The molecule has 1 aliphatic rings. The molecule has 0 bridgehead atoms. The van der Waals surface area contributed by atoms with Crippen molar-refractivity contribution < 1.29 is 0 Å². The zero-order valence-corrected chi connectivity index (χ0v) is 7.85. The van der Waals surface area contributed by atoms with Crippen molar-refractivity contribution in [3.63, 3.8) is 0 Å². The highest BCUT2D eigenvalue weighted by Gasteiger charge is 2.06. The first-order chi connectivity index (χ1) is 6.93. The van der Waals surface area contributed by atoms with E-state index in [0.29, 0.717) is 0 Å². The molecule has 0 radical (unpaired) electrons. The molecule has 1 nitrogen and oxygen atoms in total. The van der Waals surface area contributed by atoms with Crippen LogP contribution in [0.4, 0.5) is 0 Å². The van der Waals surface area contributed by atoms with Crippen LogP contribution in [0.3, 0.4) is 0 Å². The minimum Gasteiger partial charge on any atom is -0.327 e. The number of fused-ring (bicyclic) bond motifs is 2. The Hall–Kier alpha value is -1.76. The van der Waals surface area contributed by atoms with Gasteiger partial charge in [0.15, 0.2) is 0 Å². The van der Waals surface area contributed by atoms with Crippen molar-refractivity contribution in [2.75, 3.05) is 0 Å². The number of rotatable bonds is 0. The molecule has 2 aromatic rings. The fourth-order valence-corrected chi connectivity index (χ4v) is 1.94. The van der Waals surface area contributed by atoms with E-state index in [1.165, 1.54) is 16.8 Å². The molecule has 1 aromatic heterocycles. The summed E-state index contributed by atoms with van der Waals surface area (Å²) in [7, 11) is 0. The number of aromatic nitrogens is 1. The maximum Gasteiger partial charge on any atom is 0.0265 e. The number of hydrogen-bond acceptors (Lipinski definition) is 0. The number of hydrogen-bond donors (Lipinski definition) is 0. The monoisotopic (exact) mass is 181 g/mol. The minimum absolute atomic E-state index is 1.02. The van der Waals surface area contributed by atoms with Crippen LogP contribution in [0.5, 0.6) is 0 Å². The Morgan fingerprint density at radius 3 is 2.93 bits per heavy atom. The zero-order chi connectivity index (χ0) is 9.38. The molecule has 0 saturated heterocycles. The average Bonchev–Trinajstić information content (AvgIpc) is 2.58. The van der Waals surface area contributed by atoms with Gasteiger partial charge in [0.25, 0.3) is 0 Å². The van der Waals surface area contributed by atoms with Crippen molar-refractivity contribution in [3.8, 4) is 0 Å². The smallest absolute Gasteiger partial charge is 0.0265 e. The van der Waals surface area contributed by atoms with Gasteiger partial charge in [-0.2, -0.15) is 0 Å². The zero-order valence-electron chi connectivity index (χ0n) is 7.85. The Morgan fingerprint density at radius 1 is 1.00 bits per heavy atom. The Morgan fingerprint density at radius 2 is 1.93 bits per heavy atom. The second-order valence-electron chi connectivity index (χ2n) is 3.60. The summed E-state index contributed by atoms with van der Waals surface area (Å²) in [5, 5.41) is 0. The summed E-state index contributed by atoms with van der Waals surface area (Å²) in [5.41, 5.74) is 4.09. The Labute approximate surface area is 83.3 Å². The van der Waals surface area contributed by atoms with Crippen molar-refractivity contribution in [2.24, 2.45) is 0 Å². The molecule has 0 atom stereocenters. The highest BCUT2D eigenvalue weighted by Crippen LogP contribution is 2.20. The fourth-order valence-electron chi connectivity index (χ4n) is 1.94. The second-order valence-corrected chi connectivity index (χ2v) is 3.60. The van der Waals surface area contributed by atoms with Gasteiger partial charge in [0.05, 0.1) is 0 Å². The molecule has 0 unspecified atom stereocenters. The Balaban J connectivity index is 2.19. The summed E-state index contributed by atoms with van der Waals surface area (Å²) < 4.78 is 2.18. The van der Waals surface area contributed by atoms with Crippen LogP contribution in [0.15, 0.2) is 42.6 Å². The van der Waals surface area contributed by atoms with Gasteiger partial charge in [-0.25, -0.2) is 0 Å². The summed E-state index contributed by atoms with van der Waals surface area (Å²) in [6, 6.07) is 12.8. The normalized spacial score (nSPS) is 13.1. The molecule has 0 spiro atoms. The van der Waals surface area contributed by atoms with Crippen LogP contribution in [0.2, 0.25) is 0 Å². The van der Waals surface area contributed by atoms with Crippen molar-refractivity contribution >= 4 is 12.3 Å². The molecule has 0 fully saturated rings. The van der Waals surface area contributed by atoms with E-state index in [1.807, 2.05) is 0 Å². The van der Waals surface area contributed by atoms with Crippen molar-refractivity contribution in [3.05, 3.63) is 59.4 Å². The molecule has 0 saturated carbocycles. The Kier molecular flexibility index (Phi) is 1.57. The van der Waals surface area contributed by atoms with Gasteiger partial charge in [0, 0.05) is 24.5 Å². The van der Waals surface area contributed by atoms with Gasteiger partial charge in [-0.3, -0.25) is 0 Å². The summed E-state index contributed by atoms with van der Waals surface area (Å²) in [6.45, 7) is 0. The predicted molar refractivity (Wildman–Crippen MR) is 58.9 cm³/mol. The molecule has 14 heavy (non-hydrogen) atoms. The molecule has 1 aliphatic heterocycles. The molecule has 68 valence electrons. The maximum absolute atomic E-state index is 2.20. The lowest BCUT2D eigenvalue weighted by molar-refractivity contribution is 1.02. The van der Waals surface area contributed by atoms with E-state index in [0.717, 1.165) is 6.42 Å². The number of nitrogens with zero attached hydrogens (tertiary/aromatic N) is 1. The SMILES string of the molecule is C1=Cn2cccc2Cc2ccccc21. The van der Waals surface area contributed by atoms with E-state index >= 15 is 0 Å². The van der Waals surface area contributed by atoms with Gasteiger partial charge >= 0.3 is 0 Å². The van der Waals surface area contributed by atoms with Crippen LogP contribution in [0.1, 0.15) is 16.8 Å². The standard InChI is InChI=1S/C13H11N/c1-2-5-12-10-13-6-3-8-14(13)9-7-11(12)4-1/h1-9H,10H2. The number of benzene rings is 1. The highest BCUT2D eigenvalue weighted by molar-refractivity contribution is 5.65. The van der Waals surface area contributed by atoms with Gasteiger partial charge in [-0.05, 0) is 29.3 Å². The van der Waals surface area contributed by atoms with E-state index in [9.17, 15) is 0 Å². The third-order valence-corrected chi connectivity index (χ3v) is 2.71. The minimum atomic E-state index is 1.02. The van der Waals surface area contributed by atoms with Crippen LogP contribution < -0.4 is 0 Å². The third kappa shape index (κ3) is 1.10. The fraction of sp³-hybridized carbons (Fsp3) is 0.0769. The molecule has 1 aromatic carbocycles. The molecular formula is C13H11N. The van der Waals surface area contributed by atoms with Gasteiger partial charge in [0.2, 0.25) is 0 Å². The summed E-state index contributed by atoms with van der Waals surface area (Å²) in [5.74, 6) is 0. The largest absolute Gasteiger partial charge is 0.327 e. The molecule has 3 rings (SSSR count). The summed E-state index contributed by atoms with van der Waals surface area (Å²) in [6.07, 6.45) is 7.42. The van der Waals surface area contributed by atoms with E-state index in [2.05, 4.69) is 59.4 Å². The van der Waals surface area contributed by atoms with Crippen LogP contribution in [0, 0.1) is 0 Å². The van der Waals surface area contributed by atoms with Crippen molar-refractivity contribution in [1.29, 1.82) is 0 Å². The van der Waals surface area contributed by atoms with Gasteiger partial charge in [-0.15, -0.1) is 0 Å². The maximum atomic E-state index is 2.20. The average molecular weight is 181 g/mol. The lowest BCUT2D eigenvalue weighted by Gasteiger charge is -2.02. The topological polar surface area (TPSA) is 4.93 Å². The summed E-state index contributed by atoms with van der Waals surface area (Å²) >= 11 is 0.